The molecule has 3 heterocycles. The molecule has 204 valence electrons. The Labute approximate surface area is 219 Å². The van der Waals surface area contributed by atoms with Crippen molar-refractivity contribution in [2.24, 2.45) is 7.05 Å². The zero-order valence-corrected chi connectivity index (χ0v) is 21.8. The molecule has 1 saturated heterocycles. The Kier molecular flexibility index (Phi) is 8.56. The van der Waals surface area contributed by atoms with Crippen molar-refractivity contribution in [3.8, 4) is 17.2 Å². The molecule has 0 unspecified atom stereocenters. The van der Waals surface area contributed by atoms with E-state index in [4.69, 9.17) is 14.2 Å². The summed E-state index contributed by atoms with van der Waals surface area (Å²) < 4.78 is 46.1. The van der Waals surface area contributed by atoms with Gasteiger partial charge in [0, 0.05) is 57.5 Å². The third-order valence-corrected chi connectivity index (χ3v) is 6.34. The third kappa shape index (κ3) is 6.28. The number of hydrogen-bond acceptors (Lipinski definition) is 9. The van der Waals surface area contributed by atoms with E-state index in [1.54, 1.807) is 4.68 Å². The molecule has 3 aromatic rings. The van der Waals surface area contributed by atoms with Gasteiger partial charge in [0.15, 0.2) is 34.7 Å². The van der Waals surface area contributed by atoms with Gasteiger partial charge in [-0.2, -0.15) is 5.10 Å². The predicted molar refractivity (Wildman–Crippen MR) is 135 cm³/mol. The zero-order chi connectivity index (χ0) is 27.2. The Morgan fingerprint density at radius 2 is 1.63 bits per heavy atom. The molecule has 38 heavy (non-hydrogen) atoms. The van der Waals surface area contributed by atoms with Crippen LogP contribution in [0.3, 0.4) is 0 Å². The van der Waals surface area contributed by atoms with Gasteiger partial charge < -0.3 is 29.3 Å². The zero-order valence-electron chi connectivity index (χ0n) is 21.8. The lowest BCUT2D eigenvalue weighted by Gasteiger charge is -2.32. The van der Waals surface area contributed by atoms with Crippen LogP contribution < -0.4 is 19.5 Å². The smallest absolute Gasteiger partial charge is 0.228 e. The van der Waals surface area contributed by atoms with E-state index in [2.05, 4.69) is 32.3 Å². The van der Waals surface area contributed by atoms with Gasteiger partial charge in [-0.15, -0.1) is 0 Å². The van der Waals surface area contributed by atoms with Gasteiger partial charge in [0.2, 0.25) is 11.9 Å². The van der Waals surface area contributed by atoms with E-state index in [-0.39, 0.29) is 34.7 Å². The first kappa shape index (κ1) is 27.0. The number of aryl methyl sites for hydroxylation is 2. The van der Waals surface area contributed by atoms with Gasteiger partial charge in [0.1, 0.15) is 6.61 Å². The molecule has 13 heteroatoms. The minimum Gasteiger partial charge on any atom is -0.494 e. The first-order valence-corrected chi connectivity index (χ1v) is 12.1. The Morgan fingerprint density at radius 3 is 2.24 bits per heavy atom. The number of piperazine rings is 1. The second-order valence-corrected chi connectivity index (χ2v) is 8.87. The number of carbonyl (C=O) groups excluding carboxylic acids is 1. The predicted octanol–water partition coefficient (Wildman–Crippen LogP) is 2.53. The molecule has 0 aliphatic carbocycles. The van der Waals surface area contributed by atoms with Gasteiger partial charge in [0.25, 0.3) is 0 Å². The molecule has 1 aliphatic rings. The summed E-state index contributed by atoms with van der Waals surface area (Å²) in [6.07, 6.45) is 3.72. The molecule has 0 radical (unpaired) electrons. The van der Waals surface area contributed by atoms with Gasteiger partial charge >= 0.3 is 0 Å². The molecule has 4 rings (SSSR count). The standard InChI is InChI=1S/C25H31F2N7O4/c1-32-7-9-34(10-8-32)22(35)6-5-16-11-21(31-33(16)2)30-25-28-13-17(14-29-25)38-15-18-23(26)19(36-3)12-20(37-4)24(18)27/h11-14H,5-10,15H2,1-4H3,(H,28,29,30,31). The maximum Gasteiger partial charge on any atom is 0.228 e. The van der Waals surface area contributed by atoms with Crippen LogP contribution in [-0.4, -0.2) is 82.9 Å². The first-order valence-electron chi connectivity index (χ1n) is 12.1. The van der Waals surface area contributed by atoms with Crippen LogP contribution in [-0.2, 0) is 24.9 Å². The summed E-state index contributed by atoms with van der Waals surface area (Å²) >= 11 is 0. The Hall–Kier alpha value is -4.00. The van der Waals surface area contributed by atoms with E-state index in [9.17, 15) is 13.6 Å². The van der Waals surface area contributed by atoms with Crippen molar-refractivity contribution in [2.45, 2.75) is 19.4 Å². The van der Waals surface area contributed by atoms with E-state index in [1.807, 2.05) is 18.0 Å². The highest BCUT2D eigenvalue weighted by atomic mass is 19.1. The molecule has 1 amide bonds. The summed E-state index contributed by atoms with van der Waals surface area (Å²) in [6, 6.07) is 2.97. The molecule has 0 spiro atoms. The molecule has 2 aromatic heterocycles. The van der Waals surface area contributed by atoms with E-state index in [0.29, 0.717) is 18.7 Å². The maximum absolute atomic E-state index is 14.5. The SMILES string of the molecule is COc1cc(OC)c(F)c(COc2cnc(Nc3cc(CCC(=O)N4CCN(C)CC4)n(C)n3)nc2)c1F. The fraction of sp³-hybridized carbons (Fsp3) is 0.440. The molecule has 1 fully saturated rings. The van der Waals surface area contributed by atoms with Crippen molar-refractivity contribution < 1.29 is 27.8 Å². The van der Waals surface area contributed by atoms with E-state index >= 15 is 0 Å². The third-order valence-electron chi connectivity index (χ3n) is 6.34. The topological polar surface area (TPSA) is 107 Å². The lowest BCUT2D eigenvalue weighted by atomic mass is 10.1. The number of nitrogens with zero attached hydrogens (tertiary/aromatic N) is 6. The van der Waals surface area contributed by atoms with Crippen molar-refractivity contribution in [3.63, 3.8) is 0 Å². The Bertz CT molecular complexity index is 1230. The van der Waals surface area contributed by atoms with Gasteiger partial charge in [-0.25, -0.2) is 18.7 Å². The number of aromatic nitrogens is 4. The molecule has 0 atom stereocenters. The average Bonchev–Trinajstić information content (AvgIpc) is 3.27. The second-order valence-electron chi connectivity index (χ2n) is 8.87. The molecule has 1 N–H and O–H groups in total. The number of methoxy groups -OCH3 is 2. The number of carbonyl (C=O) groups is 1. The first-order chi connectivity index (χ1) is 18.3. The van der Waals surface area contributed by atoms with Crippen molar-refractivity contribution in [1.82, 2.24) is 29.5 Å². The monoisotopic (exact) mass is 531 g/mol. The van der Waals surface area contributed by atoms with E-state index in [0.717, 1.165) is 37.9 Å². The molecular formula is C25H31F2N7O4. The number of amides is 1. The number of ether oxygens (including phenoxy) is 3. The average molecular weight is 532 g/mol. The summed E-state index contributed by atoms with van der Waals surface area (Å²) in [5.41, 5.74) is 0.559. The van der Waals surface area contributed by atoms with Crippen LogP contribution in [0.25, 0.3) is 0 Å². The van der Waals surface area contributed by atoms with Gasteiger partial charge in [-0.3, -0.25) is 9.48 Å². The number of benzene rings is 1. The largest absolute Gasteiger partial charge is 0.494 e. The van der Waals surface area contributed by atoms with Crippen LogP contribution in [0.4, 0.5) is 20.5 Å². The molecule has 1 aliphatic heterocycles. The number of halogens is 2. The quantitative estimate of drug-likeness (QED) is 0.422. The van der Waals surface area contributed by atoms with Crippen LogP contribution in [0.5, 0.6) is 17.2 Å². The number of rotatable bonds is 10. The van der Waals surface area contributed by atoms with Crippen molar-refractivity contribution in [1.29, 1.82) is 0 Å². The molecule has 0 bridgehead atoms. The van der Waals surface area contributed by atoms with Crippen LogP contribution >= 0.6 is 0 Å². The summed E-state index contributed by atoms with van der Waals surface area (Å²) in [5, 5.41) is 7.42. The van der Waals surface area contributed by atoms with E-state index in [1.165, 1.54) is 26.6 Å². The van der Waals surface area contributed by atoms with Gasteiger partial charge in [-0.05, 0) is 13.5 Å². The second kappa shape index (κ2) is 12.0. The lowest BCUT2D eigenvalue weighted by molar-refractivity contribution is -0.132. The Balaban J connectivity index is 1.33. The normalized spacial score (nSPS) is 13.9. The summed E-state index contributed by atoms with van der Waals surface area (Å²) in [7, 11) is 6.42. The summed E-state index contributed by atoms with van der Waals surface area (Å²) in [4.78, 5) is 25.0. The summed E-state index contributed by atoms with van der Waals surface area (Å²) in [6.45, 7) is 2.86. The summed E-state index contributed by atoms with van der Waals surface area (Å²) in [5.74, 6) is -0.929. The van der Waals surface area contributed by atoms with Crippen LogP contribution in [0, 0.1) is 11.6 Å². The molecule has 1 aromatic carbocycles. The fourth-order valence-electron chi connectivity index (χ4n) is 4.04. The highest BCUT2D eigenvalue weighted by Crippen LogP contribution is 2.32. The number of anilines is 2. The van der Waals surface area contributed by atoms with Crippen LogP contribution in [0.1, 0.15) is 17.7 Å². The van der Waals surface area contributed by atoms with Crippen molar-refractivity contribution in [2.75, 3.05) is 52.8 Å². The minimum absolute atomic E-state index is 0.139. The fourth-order valence-corrected chi connectivity index (χ4v) is 4.04. The maximum atomic E-state index is 14.5. The highest BCUT2D eigenvalue weighted by molar-refractivity contribution is 5.76. The van der Waals surface area contributed by atoms with Crippen molar-refractivity contribution >= 4 is 17.7 Å². The number of nitrogens with one attached hydrogen (secondary N) is 1. The molecular weight excluding hydrogens is 500 g/mol. The van der Waals surface area contributed by atoms with Crippen molar-refractivity contribution in [3.05, 3.63) is 47.4 Å². The minimum atomic E-state index is -0.874. The van der Waals surface area contributed by atoms with E-state index < -0.39 is 18.2 Å². The lowest BCUT2D eigenvalue weighted by Crippen LogP contribution is -2.47. The van der Waals surface area contributed by atoms with Gasteiger partial charge in [0.05, 0.1) is 32.2 Å². The molecule has 11 nitrogen and oxygen atoms in total. The number of hydrogen-bond donors (Lipinski definition) is 1. The molecule has 0 saturated carbocycles. The number of likely N-dealkylation sites (N-methyl/N-ethyl adjacent to an activating group) is 1. The van der Waals surface area contributed by atoms with Crippen LogP contribution in [0.15, 0.2) is 24.5 Å². The highest BCUT2D eigenvalue weighted by Gasteiger charge is 2.21. The Morgan fingerprint density at radius 1 is 1.00 bits per heavy atom. The van der Waals surface area contributed by atoms with Gasteiger partial charge in [-0.1, -0.05) is 0 Å². The van der Waals surface area contributed by atoms with Crippen LogP contribution in [0.2, 0.25) is 0 Å².